The second kappa shape index (κ2) is 7.96. The fourth-order valence-corrected chi connectivity index (χ4v) is 2.70. The number of aliphatic imine (C=N–C) groups is 1. The van der Waals surface area contributed by atoms with Gasteiger partial charge in [-0.05, 0) is 27.2 Å². The summed E-state index contributed by atoms with van der Waals surface area (Å²) in [6.07, 6.45) is 2.01. The molecule has 0 saturated heterocycles. The smallest absolute Gasteiger partial charge is 0.191 e. The van der Waals surface area contributed by atoms with Gasteiger partial charge in [-0.2, -0.15) is 5.10 Å². The van der Waals surface area contributed by atoms with Crippen LogP contribution < -0.4 is 16.0 Å². The maximum atomic E-state index is 4.64. The zero-order chi connectivity index (χ0) is 17.7. The Bertz CT molecular complexity index is 554. The summed E-state index contributed by atoms with van der Waals surface area (Å²) in [6, 6.07) is 0.334. The Morgan fingerprint density at radius 1 is 1.33 bits per heavy atom. The maximum Gasteiger partial charge on any atom is 0.191 e. The average molecular weight is 336 g/mol. The standard InChI is InChI=1S/C17H33N7/c1-12(2)15-22-14-8-7-13(11-24(14)23-15)21-16(18-6)19-9-10-20-17(3,4)5/h12-13,20H,7-11H2,1-6H3,(H2,18,19,21). The van der Waals surface area contributed by atoms with Crippen LogP contribution in [0.25, 0.3) is 0 Å². The Balaban J connectivity index is 1.82. The normalized spacial score (nSPS) is 18.6. The van der Waals surface area contributed by atoms with Gasteiger partial charge in [-0.1, -0.05) is 13.8 Å². The molecule has 1 aromatic rings. The molecular formula is C17H33N7. The number of hydrogen-bond acceptors (Lipinski definition) is 4. The number of hydrogen-bond donors (Lipinski definition) is 3. The van der Waals surface area contributed by atoms with E-state index in [0.717, 1.165) is 50.1 Å². The predicted octanol–water partition coefficient (Wildman–Crippen LogP) is 1.27. The molecule has 0 amide bonds. The molecule has 136 valence electrons. The van der Waals surface area contributed by atoms with Gasteiger partial charge in [0, 0.05) is 44.1 Å². The molecule has 0 bridgehead atoms. The van der Waals surface area contributed by atoms with Gasteiger partial charge < -0.3 is 16.0 Å². The Morgan fingerprint density at radius 3 is 2.71 bits per heavy atom. The Labute approximate surface area is 145 Å². The minimum Gasteiger partial charge on any atom is -0.355 e. The third kappa shape index (κ3) is 5.47. The molecule has 2 heterocycles. The molecule has 1 unspecified atom stereocenters. The molecular weight excluding hydrogens is 302 g/mol. The maximum absolute atomic E-state index is 4.64. The zero-order valence-electron chi connectivity index (χ0n) is 16.0. The molecule has 1 aliphatic heterocycles. The second-order valence-corrected chi connectivity index (χ2v) is 7.78. The zero-order valence-corrected chi connectivity index (χ0v) is 16.0. The van der Waals surface area contributed by atoms with Crippen LogP contribution in [0.4, 0.5) is 0 Å². The lowest BCUT2D eigenvalue weighted by molar-refractivity contribution is 0.390. The Kier molecular flexibility index (Phi) is 6.21. The van der Waals surface area contributed by atoms with Gasteiger partial charge in [0.15, 0.2) is 11.8 Å². The number of aromatic nitrogens is 3. The van der Waals surface area contributed by atoms with Crippen molar-refractivity contribution in [2.75, 3.05) is 20.1 Å². The van der Waals surface area contributed by atoms with E-state index in [4.69, 9.17) is 0 Å². The highest BCUT2D eigenvalue weighted by Gasteiger charge is 2.23. The molecule has 1 aliphatic rings. The van der Waals surface area contributed by atoms with E-state index in [1.807, 2.05) is 11.7 Å². The topological polar surface area (TPSA) is 79.2 Å². The van der Waals surface area contributed by atoms with Crippen molar-refractivity contribution in [3.05, 3.63) is 11.6 Å². The fourth-order valence-electron chi connectivity index (χ4n) is 2.70. The summed E-state index contributed by atoms with van der Waals surface area (Å²) in [5.41, 5.74) is 0.139. The van der Waals surface area contributed by atoms with Gasteiger partial charge in [0.05, 0.1) is 6.54 Å². The summed E-state index contributed by atoms with van der Waals surface area (Å²) in [5, 5.41) is 15.0. The van der Waals surface area contributed by atoms with E-state index in [1.54, 1.807) is 0 Å². The van der Waals surface area contributed by atoms with Crippen molar-refractivity contribution in [1.82, 2.24) is 30.7 Å². The molecule has 0 aliphatic carbocycles. The van der Waals surface area contributed by atoms with Crippen LogP contribution in [-0.4, -0.2) is 52.4 Å². The van der Waals surface area contributed by atoms with Crippen LogP contribution in [0, 0.1) is 0 Å². The summed E-state index contributed by atoms with van der Waals surface area (Å²) in [5.74, 6) is 3.28. The quantitative estimate of drug-likeness (QED) is 0.429. The van der Waals surface area contributed by atoms with E-state index < -0.39 is 0 Å². The van der Waals surface area contributed by atoms with Crippen LogP contribution in [0.1, 0.15) is 58.6 Å². The van der Waals surface area contributed by atoms with Gasteiger partial charge in [0.2, 0.25) is 0 Å². The molecule has 1 aromatic heterocycles. The van der Waals surface area contributed by atoms with Crippen LogP contribution in [0.3, 0.4) is 0 Å². The average Bonchev–Trinajstić information content (AvgIpc) is 2.92. The lowest BCUT2D eigenvalue weighted by Crippen LogP contribution is -2.49. The first kappa shape index (κ1) is 18.7. The van der Waals surface area contributed by atoms with Gasteiger partial charge in [-0.3, -0.25) is 4.99 Å². The number of rotatable bonds is 5. The highest BCUT2D eigenvalue weighted by Crippen LogP contribution is 2.16. The van der Waals surface area contributed by atoms with Crippen molar-refractivity contribution in [1.29, 1.82) is 0 Å². The minimum atomic E-state index is 0.139. The van der Waals surface area contributed by atoms with Crippen LogP contribution >= 0.6 is 0 Å². The van der Waals surface area contributed by atoms with Crippen LogP contribution in [0.2, 0.25) is 0 Å². The molecule has 0 fully saturated rings. The molecule has 1 atom stereocenters. The SMILES string of the molecule is CN=C(NCCNC(C)(C)C)NC1CCc2nc(C(C)C)nn2C1. The third-order valence-electron chi connectivity index (χ3n) is 4.03. The fraction of sp³-hybridized carbons (Fsp3) is 0.824. The molecule has 2 rings (SSSR count). The Hall–Kier alpha value is -1.63. The molecule has 0 aromatic carbocycles. The van der Waals surface area contributed by atoms with Crippen LogP contribution in [-0.2, 0) is 13.0 Å². The van der Waals surface area contributed by atoms with Crippen molar-refractivity contribution < 1.29 is 0 Å². The molecule has 7 nitrogen and oxygen atoms in total. The van der Waals surface area contributed by atoms with E-state index >= 15 is 0 Å². The predicted molar refractivity (Wildman–Crippen MR) is 98.5 cm³/mol. The monoisotopic (exact) mass is 335 g/mol. The summed E-state index contributed by atoms with van der Waals surface area (Å²) in [7, 11) is 1.81. The minimum absolute atomic E-state index is 0.139. The van der Waals surface area contributed by atoms with Crippen LogP contribution in [0.5, 0.6) is 0 Å². The summed E-state index contributed by atoms with van der Waals surface area (Å²) >= 11 is 0. The highest BCUT2D eigenvalue weighted by molar-refractivity contribution is 5.79. The highest BCUT2D eigenvalue weighted by atomic mass is 15.4. The van der Waals surface area contributed by atoms with Gasteiger partial charge >= 0.3 is 0 Å². The largest absolute Gasteiger partial charge is 0.355 e. The summed E-state index contributed by atoms with van der Waals surface area (Å²) in [4.78, 5) is 8.96. The number of nitrogens with one attached hydrogen (secondary N) is 3. The number of guanidine groups is 1. The van der Waals surface area contributed by atoms with E-state index in [0.29, 0.717) is 12.0 Å². The van der Waals surface area contributed by atoms with Gasteiger partial charge in [0.1, 0.15) is 5.82 Å². The molecule has 0 spiro atoms. The first-order valence-corrected chi connectivity index (χ1v) is 8.94. The second-order valence-electron chi connectivity index (χ2n) is 7.78. The Morgan fingerprint density at radius 2 is 2.08 bits per heavy atom. The van der Waals surface area contributed by atoms with Gasteiger partial charge in [0.25, 0.3) is 0 Å². The third-order valence-corrected chi connectivity index (χ3v) is 4.03. The lowest BCUT2D eigenvalue weighted by atomic mass is 10.1. The first-order chi connectivity index (χ1) is 11.3. The van der Waals surface area contributed by atoms with Crippen LogP contribution in [0.15, 0.2) is 4.99 Å². The van der Waals surface area contributed by atoms with E-state index in [9.17, 15) is 0 Å². The van der Waals surface area contributed by atoms with Crippen molar-refractivity contribution in [3.8, 4) is 0 Å². The van der Waals surface area contributed by atoms with Crippen molar-refractivity contribution in [3.63, 3.8) is 0 Å². The number of fused-ring (bicyclic) bond motifs is 1. The van der Waals surface area contributed by atoms with E-state index in [2.05, 4.69) is 65.6 Å². The van der Waals surface area contributed by atoms with E-state index in [-0.39, 0.29) is 5.54 Å². The van der Waals surface area contributed by atoms with Crippen molar-refractivity contribution in [2.24, 2.45) is 4.99 Å². The van der Waals surface area contributed by atoms with Gasteiger partial charge in [-0.15, -0.1) is 0 Å². The van der Waals surface area contributed by atoms with E-state index in [1.165, 1.54) is 0 Å². The summed E-state index contributed by atoms with van der Waals surface area (Å²) in [6.45, 7) is 13.4. The van der Waals surface area contributed by atoms with Crippen molar-refractivity contribution in [2.45, 2.75) is 71.5 Å². The molecule has 7 heteroatoms. The van der Waals surface area contributed by atoms with Crippen molar-refractivity contribution >= 4 is 5.96 Å². The number of nitrogens with zero attached hydrogens (tertiary/aromatic N) is 4. The van der Waals surface area contributed by atoms with Gasteiger partial charge in [-0.25, -0.2) is 9.67 Å². The lowest BCUT2D eigenvalue weighted by Gasteiger charge is -2.26. The molecule has 3 N–H and O–H groups in total. The molecule has 0 saturated carbocycles. The molecule has 0 radical (unpaired) electrons. The summed E-state index contributed by atoms with van der Waals surface area (Å²) < 4.78 is 2.05. The molecule has 24 heavy (non-hydrogen) atoms. The number of aryl methyl sites for hydroxylation is 1. The first-order valence-electron chi connectivity index (χ1n) is 8.94.